The number of carbonyl (C=O) groups is 3. The van der Waals surface area contributed by atoms with Gasteiger partial charge in [-0.3, -0.25) is 14.4 Å². The minimum atomic E-state index is -0.782. The van der Waals surface area contributed by atoms with Gasteiger partial charge in [-0.05, 0) is 77.0 Å². The largest absolute Gasteiger partial charge is 0.462 e. The average molecular weight is 825 g/mol. The lowest BCUT2D eigenvalue weighted by molar-refractivity contribution is -0.167. The normalized spacial score (nSPS) is 12.5. The van der Waals surface area contributed by atoms with Crippen molar-refractivity contribution in [2.45, 2.75) is 245 Å². The number of unbranched alkanes of at least 4 members (excludes halogenated alkanes) is 24. The van der Waals surface area contributed by atoms with E-state index in [1.807, 2.05) is 0 Å². The summed E-state index contributed by atoms with van der Waals surface area (Å²) >= 11 is 0. The number of allylic oxidation sites excluding steroid dienone is 10. The van der Waals surface area contributed by atoms with Crippen molar-refractivity contribution in [3.05, 3.63) is 60.8 Å². The first-order valence-corrected chi connectivity index (χ1v) is 24.8. The number of esters is 3. The molecule has 0 fully saturated rings. The summed E-state index contributed by atoms with van der Waals surface area (Å²) < 4.78 is 16.7. The minimum Gasteiger partial charge on any atom is -0.462 e. The van der Waals surface area contributed by atoms with Gasteiger partial charge in [0, 0.05) is 19.3 Å². The lowest BCUT2D eigenvalue weighted by atomic mass is 10.1. The molecule has 0 aliphatic carbocycles. The standard InChI is InChI=1S/C53H92O6/c1-4-7-10-13-16-19-22-24-26-28-29-31-34-37-40-43-46-52(55)58-49-50(48-57-51(54)45-42-39-36-33-21-18-15-12-9-6-3)59-53(56)47-44-41-38-35-32-30-27-25-23-20-17-14-11-8-5-2/h7,10,16-17,19-20,23-26,50H,4-6,8-9,11-15,18,21-22,27-49H2,1-3H3/b10-7-,19-16-,20-17-,25-23-,26-24-. The summed E-state index contributed by atoms with van der Waals surface area (Å²) in [5, 5.41) is 0. The predicted molar refractivity (Wildman–Crippen MR) is 251 cm³/mol. The van der Waals surface area contributed by atoms with Crippen LogP contribution in [0.2, 0.25) is 0 Å². The molecule has 0 aromatic carbocycles. The number of ether oxygens (including phenoxy) is 3. The maximum atomic E-state index is 12.8. The molecule has 0 aliphatic heterocycles. The predicted octanol–water partition coefficient (Wildman–Crippen LogP) is 16.1. The smallest absolute Gasteiger partial charge is 0.306 e. The van der Waals surface area contributed by atoms with Gasteiger partial charge in [-0.2, -0.15) is 0 Å². The molecule has 340 valence electrons. The zero-order valence-corrected chi connectivity index (χ0v) is 38.8. The Balaban J connectivity index is 4.39. The third kappa shape index (κ3) is 46.0. The second-order valence-electron chi connectivity index (χ2n) is 16.4. The van der Waals surface area contributed by atoms with Crippen molar-refractivity contribution in [1.29, 1.82) is 0 Å². The van der Waals surface area contributed by atoms with Crippen LogP contribution in [0.5, 0.6) is 0 Å². The minimum absolute atomic E-state index is 0.0821. The van der Waals surface area contributed by atoms with Crippen molar-refractivity contribution < 1.29 is 28.6 Å². The highest BCUT2D eigenvalue weighted by molar-refractivity contribution is 5.71. The third-order valence-corrected chi connectivity index (χ3v) is 10.5. The van der Waals surface area contributed by atoms with E-state index in [4.69, 9.17) is 14.2 Å². The number of hydrogen-bond donors (Lipinski definition) is 0. The highest BCUT2D eigenvalue weighted by atomic mass is 16.6. The number of rotatable bonds is 44. The molecule has 1 atom stereocenters. The van der Waals surface area contributed by atoms with Crippen molar-refractivity contribution in [3.8, 4) is 0 Å². The molecule has 6 heteroatoms. The van der Waals surface area contributed by atoms with Gasteiger partial charge in [0.25, 0.3) is 0 Å². The van der Waals surface area contributed by atoms with E-state index in [1.54, 1.807) is 0 Å². The fourth-order valence-electron chi connectivity index (χ4n) is 6.80. The second-order valence-corrected chi connectivity index (χ2v) is 16.4. The van der Waals surface area contributed by atoms with Crippen LogP contribution in [0, 0.1) is 0 Å². The van der Waals surface area contributed by atoms with E-state index in [9.17, 15) is 14.4 Å². The maximum Gasteiger partial charge on any atom is 0.306 e. The van der Waals surface area contributed by atoms with Crippen LogP contribution in [-0.2, 0) is 28.6 Å². The highest BCUT2D eigenvalue weighted by Crippen LogP contribution is 2.14. The number of hydrogen-bond acceptors (Lipinski definition) is 6. The van der Waals surface area contributed by atoms with E-state index in [1.165, 1.54) is 103 Å². The molecule has 0 N–H and O–H groups in total. The molecule has 0 aromatic rings. The van der Waals surface area contributed by atoms with Crippen LogP contribution in [0.15, 0.2) is 60.8 Å². The lowest BCUT2D eigenvalue weighted by Gasteiger charge is -2.18. The van der Waals surface area contributed by atoms with Gasteiger partial charge >= 0.3 is 17.9 Å². The topological polar surface area (TPSA) is 78.9 Å². The Labute approximate surface area is 364 Å². The van der Waals surface area contributed by atoms with Crippen LogP contribution >= 0.6 is 0 Å². The van der Waals surface area contributed by atoms with Crippen LogP contribution < -0.4 is 0 Å². The Morgan fingerprint density at radius 3 is 1.17 bits per heavy atom. The van der Waals surface area contributed by atoms with E-state index in [0.29, 0.717) is 19.3 Å². The first-order chi connectivity index (χ1) is 29.0. The summed E-state index contributed by atoms with van der Waals surface area (Å²) in [5.41, 5.74) is 0. The van der Waals surface area contributed by atoms with Crippen molar-refractivity contribution in [2.75, 3.05) is 13.2 Å². The molecule has 0 amide bonds. The first kappa shape index (κ1) is 56.1. The fraction of sp³-hybridized carbons (Fsp3) is 0.755. The Kier molecular flexibility index (Phi) is 45.4. The maximum absolute atomic E-state index is 12.8. The van der Waals surface area contributed by atoms with Crippen molar-refractivity contribution in [2.24, 2.45) is 0 Å². The van der Waals surface area contributed by atoms with E-state index in [0.717, 1.165) is 96.3 Å². The fourth-order valence-corrected chi connectivity index (χ4v) is 6.80. The molecular weight excluding hydrogens is 733 g/mol. The van der Waals surface area contributed by atoms with Gasteiger partial charge in [0.1, 0.15) is 13.2 Å². The molecule has 0 saturated carbocycles. The van der Waals surface area contributed by atoms with E-state index in [-0.39, 0.29) is 31.1 Å². The summed E-state index contributed by atoms with van der Waals surface area (Å²) in [6.07, 6.45) is 57.7. The van der Waals surface area contributed by atoms with Crippen molar-refractivity contribution in [3.63, 3.8) is 0 Å². The molecule has 59 heavy (non-hydrogen) atoms. The molecule has 0 aromatic heterocycles. The summed E-state index contributed by atoms with van der Waals surface area (Å²) in [4.78, 5) is 37.9. The Bertz CT molecular complexity index is 1090. The van der Waals surface area contributed by atoms with Gasteiger partial charge in [0.15, 0.2) is 6.10 Å². The molecule has 0 bridgehead atoms. The second kappa shape index (κ2) is 47.8. The van der Waals surface area contributed by atoms with Crippen molar-refractivity contribution >= 4 is 17.9 Å². The van der Waals surface area contributed by atoms with Crippen LogP contribution in [0.1, 0.15) is 239 Å². The van der Waals surface area contributed by atoms with Crippen molar-refractivity contribution in [1.82, 2.24) is 0 Å². The van der Waals surface area contributed by atoms with E-state index in [2.05, 4.69) is 81.5 Å². The Morgan fingerprint density at radius 1 is 0.373 bits per heavy atom. The van der Waals surface area contributed by atoms with E-state index < -0.39 is 6.10 Å². The molecule has 1 unspecified atom stereocenters. The van der Waals surface area contributed by atoms with E-state index >= 15 is 0 Å². The summed E-state index contributed by atoms with van der Waals surface area (Å²) in [6, 6.07) is 0. The van der Waals surface area contributed by atoms with Crippen LogP contribution in [0.4, 0.5) is 0 Å². The van der Waals surface area contributed by atoms with Gasteiger partial charge in [0.2, 0.25) is 0 Å². The Hall–Kier alpha value is -2.89. The summed E-state index contributed by atoms with van der Waals surface area (Å²) in [5.74, 6) is -0.907. The SMILES string of the molecule is CC/C=C\C/C=C\C/C=C\CCCCCCCCC(=O)OCC(COC(=O)CCCCCCCCCCCC)OC(=O)CCCCCCCC/C=C\C=C/CCCCC. The monoisotopic (exact) mass is 825 g/mol. The average Bonchev–Trinajstić information content (AvgIpc) is 3.23. The first-order valence-electron chi connectivity index (χ1n) is 24.8. The molecule has 0 rings (SSSR count). The third-order valence-electron chi connectivity index (χ3n) is 10.5. The van der Waals surface area contributed by atoms with Gasteiger partial charge in [-0.15, -0.1) is 0 Å². The molecule has 0 heterocycles. The zero-order valence-electron chi connectivity index (χ0n) is 38.8. The van der Waals surface area contributed by atoms with Gasteiger partial charge in [0.05, 0.1) is 0 Å². The molecular formula is C53H92O6. The zero-order chi connectivity index (χ0) is 43.0. The van der Waals surface area contributed by atoms with Crippen LogP contribution in [0.25, 0.3) is 0 Å². The highest BCUT2D eigenvalue weighted by Gasteiger charge is 2.19. The van der Waals surface area contributed by atoms with Gasteiger partial charge in [-0.25, -0.2) is 0 Å². The van der Waals surface area contributed by atoms with Crippen LogP contribution in [0.3, 0.4) is 0 Å². The molecule has 0 spiro atoms. The molecule has 0 radical (unpaired) electrons. The molecule has 6 nitrogen and oxygen atoms in total. The van der Waals surface area contributed by atoms with Gasteiger partial charge < -0.3 is 14.2 Å². The van der Waals surface area contributed by atoms with Gasteiger partial charge in [-0.1, -0.05) is 204 Å². The summed E-state index contributed by atoms with van der Waals surface area (Å²) in [7, 11) is 0. The molecule has 0 saturated heterocycles. The van der Waals surface area contributed by atoms with Crippen LogP contribution in [-0.4, -0.2) is 37.2 Å². The number of carbonyl (C=O) groups excluding carboxylic acids is 3. The quantitative estimate of drug-likeness (QED) is 0.0200. The Morgan fingerprint density at radius 2 is 0.712 bits per heavy atom. The molecule has 0 aliphatic rings. The summed E-state index contributed by atoms with van der Waals surface area (Å²) in [6.45, 7) is 6.46. The lowest BCUT2D eigenvalue weighted by Crippen LogP contribution is -2.30.